The first-order valence-corrected chi connectivity index (χ1v) is 7.66. The van der Waals surface area contributed by atoms with Crippen LogP contribution >= 0.6 is 36.3 Å². The summed E-state index contributed by atoms with van der Waals surface area (Å²) in [7, 11) is 0. The molecule has 2 rings (SSSR count). The van der Waals surface area contributed by atoms with Gasteiger partial charge in [0.2, 0.25) is 11.0 Å². The zero-order valence-corrected chi connectivity index (χ0v) is 15.9. The van der Waals surface area contributed by atoms with Crippen LogP contribution in [0.5, 0.6) is 0 Å². The van der Waals surface area contributed by atoms with Gasteiger partial charge < -0.3 is 15.5 Å². The Balaban J connectivity index is 0.00000220. The van der Waals surface area contributed by atoms with Crippen molar-refractivity contribution in [3.63, 3.8) is 0 Å². The molecule has 22 heavy (non-hydrogen) atoms. The maximum atomic E-state index is 12.3. The molecule has 128 valence electrons. The van der Waals surface area contributed by atoms with Crippen LogP contribution in [0.1, 0.15) is 26.6 Å². The first-order valence-electron chi connectivity index (χ1n) is 6.88. The molecule has 1 aliphatic heterocycles. The molecule has 1 aromatic rings. The Morgan fingerprint density at radius 3 is 2.18 bits per heavy atom. The molecule has 1 aliphatic rings. The number of aryl methyl sites for hydroxylation is 1. The fourth-order valence-electron chi connectivity index (χ4n) is 2.10. The van der Waals surface area contributed by atoms with Gasteiger partial charge in [0.05, 0.1) is 6.04 Å². The number of nitrogens with two attached hydrogens (primary N) is 1. The molecule has 0 radical (unpaired) electrons. The summed E-state index contributed by atoms with van der Waals surface area (Å²) in [5.41, 5.74) is 5.85. The molecule has 2 N–H and O–H groups in total. The largest absolute Gasteiger partial charge is 0.343 e. The summed E-state index contributed by atoms with van der Waals surface area (Å²) in [5.74, 6) is 0.851. The van der Waals surface area contributed by atoms with Crippen molar-refractivity contribution in [2.75, 3.05) is 31.1 Å². The van der Waals surface area contributed by atoms with Crippen molar-refractivity contribution in [3.8, 4) is 0 Å². The topological polar surface area (TPSA) is 75.4 Å². The smallest absolute Gasteiger partial charge is 0.240 e. The van der Waals surface area contributed by atoms with Gasteiger partial charge in [0.1, 0.15) is 5.82 Å². The van der Waals surface area contributed by atoms with E-state index in [0.29, 0.717) is 13.1 Å². The molecule has 1 amide bonds. The predicted octanol–water partition coefficient (Wildman–Crippen LogP) is 1.71. The van der Waals surface area contributed by atoms with Crippen molar-refractivity contribution in [1.29, 1.82) is 0 Å². The van der Waals surface area contributed by atoms with E-state index in [4.69, 9.17) is 5.73 Å². The molecule has 0 aromatic carbocycles. The number of carbonyl (C=O) groups is 1. The third-order valence-electron chi connectivity index (χ3n) is 3.58. The summed E-state index contributed by atoms with van der Waals surface area (Å²) in [6.07, 6.45) is 0. The molecule has 9 heteroatoms. The van der Waals surface area contributed by atoms with Crippen molar-refractivity contribution in [1.82, 2.24) is 14.3 Å². The van der Waals surface area contributed by atoms with Crippen LogP contribution in [0.3, 0.4) is 0 Å². The Hall–Kier alpha value is -0.630. The third-order valence-corrected chi connectivity index (χ3v) is 4.45. The van der Waals surface area contributed by atoms with Gasteiger partial charge in [0.15, 0.2) is 0 Å². The number of hydrogen-bond donors (Lipinski definition) is 1. The molecule has 2 heterocycles. The van der Waals surface area contributed by atoms with Crippen LogP contribution in [0.15, 0.2) is 0 Å². The molecule has 1 atom stereocenters. The SMILES string of the molecule is Cc1nsc(N2CCN(C(=O)[C@@H](N)C(C)(C)C)CC2)n1.Cl.Cl. The standard InChI is InChI=1S/C13H23N5OS.2ClH/c1-9-15-12(20-16-9)18-7-5-17(6-8-18)11(19)10(14)13(2,3)4;;/h10H,5-8,14H2,1-4H3;2*1H/t10-;;/m1../s1. The molecular formula is C13H25Cl2N5OS. The molecule has 0 saturated carbocycles. The third kappa shape index (κ3) is 4.94. The van der Waals surface area contributed by atoms with Crippen molar-refractivity contribution < 1.29 is 4.79 Å². The Bertz CT molecular complexity index is 483. The zero-order valence-electron chi connectivity index (χ0n) is 13.4. The van der Waals surface area contributed by atoms with E-state index in [1.165, 1.54) is 11.5 Å². The molecule has 0 aliphatic carbocycles. The van der Waals surface area contributed by atoms with Crippen LogP contribution in [0, 0.1) is 12.3 Å². The van der Waals surface area contributed by atoms with Gasteiger partial charge >= 0.3 is 0 Å². The molecule has 6 nitrogen and oxygen atoms in total. The van der Waals surface area contributed by atoms with Gasteiger partial charge in [-0.1, -0.05) is 20.8 Å². The minimum Gasteiger partial charge on any atom is -0.343 e. The van der Waals surface area contributed by atoms with E-state index in [9.17, 15) is 4.79 Å². The van der Waals surface area contributed by atoms with Gasteiger partial charge in [-0.05, 0) is 12.3 Å². The Morgan fingerprint density at radius 2 is 1.77 bits per heavy atom. The van der Waals surface area contributed by atoms with E-state index in [1.807, 2.05) is 32.6 Å². The van der Waals surface area contributed by atoms with Crippen LogP contribution in [0.4, 0.5) is 5.13 Å². The highest BCUT2D eigenvalue weighted by molar-refractivity contribution is 7.09. The molecule has 1 fully saturated rings. The van der Waals surface area contributed by atoms with Crippen LogP contribution in [0.2, 0.25) is 0 Å². The molecule has 0 unspecified atom stereocenters. The lowest BCUT2D eigenvalue weighted by Gasteiger charge is -2.37. The van der Waals surface area contributed by atoms with E-state index in [-0.39, 0.29) is 36.1 Å². The number of carbonyl (C=O) groups excluding carboxylic acids is 1. The monoisotopic (exact) mass is 369 g/mol. The van der Waals surface area contributed by atoms with Crippen LogP contribution in [-0.4, -0.2) is 52.4 Å². The fourth-order valence-corrected chi connectivity index (χ4v) is 2.83. The molecule has 0 spiro atoms. The number of hydrogen-bond acceptors (Lipinski definition) is 6. The van der Waals surface area contributed by atoms with Crippen LogP contribution in [0.25, 0.3) is 0 Å². The Kier molecular flexibility index (Phi) is 8.05. The number of halogens is 2. The predicted molar refractivity (Wildman–Crippen MR) is 95.4 cm³/mol. The van der Waals surface area contributed by atoms with Gasteiger partial charge in [-0.25, -0.2) is 4.98 Å². The number of aromatic nitrogens is 2. The Labute approximate surface area is 148 Å². The number of anilines is 1. The minimum absolute atomic E-state index is 0. The molecular weight excluding hydrogens is 345 g/mol. The van der Waals surface area contributed by atoms with Crippen LogP contribution < -0.4 is 10.6 Å². The van der Waals surface area contributed by atoms with Crippen molar-refractivity contribution >= 4 is 47.4 Å². The summed E-state index contributed by atoms with van der Waals surface area (Å²) in [6, 6.07) is -0.446. The normalized spacial score (nSPS) is 16.6. The maximum absolute atomic E-state index is 12.3. The van der Waals surface area contributed by atoms with Gasteiger partial charge in [0, 0.05) is 37.7 Å². The lowest BCUT2D eigenvalue weighted by Crippen LogP contribution is -2.56. The summed E-state index contributed by atoms with van der Waals surface area (Å²) in [4.78, 5) is 20.8. The Morgan fingerprint density at radius 1 is 1.23 bits per heavy atom. The van der Waals surface area contributed by atoms with Crippen molar-refractivity contribution in [3.05, 3.63) is 5.82 Å². The van der Waals surface area contributed by atoms with Crippen molar-refractivity contribution in [2.45, 2.75) is 33.7 Å². The van der Waals surface area contributed by atoms with Gasteiger partial charge in [-0.3, -0.25) is 4.79 Å². The quantitative estimate of drug-likeness (QED) is 0.858. The first-order chi connectivity index (χ1) is 9.29. The molecule has 1 saturated heterocycles. The fraction of sp³-hybridized carbons (Fsp3) is 0.769. The second-order valence-electron chi connectivity index (χ2n) is 6.28. The number of rotatable bonds is 2. The minimum atomic E-state index is -0.446. The number of piperazine rings is 1. The lowest BCUT2D eigenvalue weighted by atomic mass is 9.86. The van der Waals surface area contributed by atoms with Crippen LogP contribution in [-0.2, 0) is 4.79 Å². The average molecular weight is 370 g/mol. The number of nitrogens with zero attached hydrogens (tertiary/aromatic N) is 4. The summed E-state index contributed by atoms with van der Waals surface area (Å²) < 4.78 is 4.19. The second kappa shape index (κ2) is 8.29. The number of amides is 1. The maximum Gasteiger partial charge on any atom is 0.240 e. The lowest BCUT2D eigenvalue weighted by molar-refractivity contribution is -0.135. The van der Waals surface area contributed by atoms with E-state index in [2.05, 4.69) is 14.3 Å². The highest BCUT2D eigenvalue weighted by Gasteiger charge is 2.32. The first kappa shape index (κ1) is 21.4. The van der Waals surface area contributed by atoms with Gasteiger partial charge in [-0.15, -0.1) is 24.8 Å². The molecule has 0 bridgehead atoms. The zero-order chi connectivity index (χ0) is 14.9. The highest BCUT2D eigenvalue weighted by Crippen LogP contribution is 2.22. The summed E-state index contributed by atoms with van der Waals surface area (Å²) in [6.45, 7) is 10.8. The second-order valence-corrected chi connectivity index (χ2v) is 7.01. The van der Waals surface area contributed by atoms with E-state index in [1.54, 1.807) is 0 Å². The average Bonchev–Trinajstić information content (AvgIpc) is 2.83. The van der Waals surface area contributed by atoms with Gasteiger partial charge in [0.25, 0.3) is 0 Å². The van der Waals surface area contributed by atoms with E-state index in [0.717, 1.165) is 24.0 Å². The summed E-state index contributed by atoms with van der Waals surface area (Å²) in [5, 5.41) is 0.940. The highest BCUT2D eigenvalue weighted by atomic mass is 35.5. The summed E-state index contributed by atoms with van der Waals surface area (Å²) >= 11 is 1.41. The molecule has 1 aromatic heterocycles. The van der Waals surface area contributed by atoms with E-state index < -0.39 is 6.04 Å². The van der Waals surface area contributed by atoms with Crippen molar-refractivity contribution in [2.24, 2.45) is 11.1 Å². The van der Waals surface area contributed by atoms with Gasteiger partial charge in [-0.2, -0.15) is 4.37 Å². The van der Waals surface area contributed by atoms with E-state index >= 15 is 0 Å².